The average Bonchev–Trinajstić information content (AvgIpc) is 2.84. The normalized spacial score (nSPS) is 13.0. The summed E-state index contributed by atoms with van der Waals surface area (Å²) in [5.74, 6) is 0. The Morgan fingerprint density at radius 3 is 1.28 bits per heavy atom. The Bertz CT molecular complexity index is 488. The highest BCUT2D eigenvalue weighted by molar-refractivity contribution is 7.21. The van der Waals surface area contributed by atoms with Crippen LogP contribution in [-0.4, -0.2) is 9.97 Å². The summed E-state index contributed by atoms with van der Waals surface area (Å²) in [6, 6.07) is 0. The van der Waals surface area contributed by atoms with Crippen molar-refractivity contribution < 1.29 is 0 Å². The van der Waals surface area contributed by atoms with Gasteiger partial charge in [0.2, 0.25) is 0 Å². The molecule has 0 bridgehead atoms. The molecule has 0 aliphatic carbocycles. The van der Waals surface area contributed by atoms with E-state index in [9.17, 15) is 0 Å². The zero-order valence-electron chi connectivity index (χ0n) is 11.9. The van der Waals surface area contributed by atoms with E-state index in [-0.39, 0.29) is 10.8 Å². The quantitative estimate of drug-likeness (QED) is 0.745. The van der Waals surface area contributed by atoms with Crippen LogP contribution in [0.1, 0.15) is 51.3 Å². The number of hydrogen-bond acceptors (Lipinski definition) is 4. The van der Waals surface area contributed by atoms with Crippen LogP contribution in [0.3, 0.4) is 0 Å². The van der Waals surface area contributed by atoms with E-state index in [4.69, 9.17) is 0 Å². The lowest BCUT2D eigenvalue weighted by molar-refractivity contribution is 0.602. The van der Waals surface area contributed by atoms with Crippen LogP contribution in [0.4, 0.5) is 0 Å². The van der Waals surface area contributed by atoms with Gasteiger partial charge in [0.05, 0.1) is 0 Å². The summed E-state index contributed by atoms with van der Waals surface area (Å²) in [6.07, 6.45) is 3.97. The standard InChI is InChI=1S/C14H20N2S2/c1-13(2,3)9-7-15-11(17-9)12-16-8-10(18-12)14(4,5)6/h7-8H,1-6H3. The van der Waals surface area contributed by atoms with Crippen LogP contribution < -0.4 is 0 Å². The molecule has 0 radical (unpaired) electrons. The van der Waals surface area contributed by atoms with Gasteiger partial charge in [-0.15, -0.1) is 22.7 Å². The van der Waals surface area contributed by atoms with Crippen molar-refractivity contribution in [1.82, 2.24) is 9.97 Å². The van der Waals surface area contributed by atoms with Crippen molar-refractivity contribution in [3.63, 3.8) is 0 Å². The SMILES string of the molecule is CC(C)(C)c1cnc(-c2ncc(C(C)(C)C)s2)s1. The summed E-state index contributed by atoms with van der Waals surface area (Å²) in [7, 11) is 0. The van der Waals surface area contributed by atoms with Crippen LogP contribution in [0.5, 0.6) is 0 Å². The van der Waals surface area contributed by atoms with Gasteiger partial charge in [0, 0.05) is 22.1 Å². The Kier molecular flexibility index (Phi) is 3.36. The third kappa shape index (κ3) is 2.81. The van der Waals surface area contributed by atoms with Gasteiger partial charge >= 0.3 is 0 Å². The van der Waals surface area contributed by atoms with Gasteiger partial charge in [-0.3, -0.25) is 0 Å². The van der Waals surface area contributed by atoms with Crippen LogP contribution in [0.25, 0.3) is 10.0 Å². The summed E-state index contributed by atoms with van der Waals surface area (Å²) in [6.45, 7) is 13.3. The van der Waals surface area contributed by atoms with Gasteiger partial charge in [-0.25, -0.2) is 9.97 Å². The van der Waals surface area contributed by atoms with E-state index in [0.29, 0.717) is 0 Å². The van der Waals surface area contributed by atoms with E-state index >= 15 is 0 Å². The first-order valence-electron chi connectivity index (χ1n) is 6.11. The van der Waals surface area contributed by atoms with Crippen molar-refractivity contribution >= 4 is 22.7 Å². The van der Waals surface area contributed by atoms with Crippen molar-refractivity contribution in [2.75, 3.05) is 0 Å². The molecule has 0 aromatic carbocycles. The zero-order valence-corrected chi connectivity index (χ0v) is 13.5. The molecular weight excluding hydrogens is 260 g/mol. The lowest BCUT2D eigenvalue weighted by Gasteiger charge is -2.14. The second kappa shape index (κ2) is 4.42. The van der Waals surface area contributed by atoms with Crippen LogP contribution in [0.15, 0.2) is 12.4 Å². The molecule has 4 heteroatoms. The average molecular weight is 280 g/mol. The minimum atomic E-state index is 0.167. The van der Waals surface area contributed by atoms with E-state index < -0.39 is 0 Å². The topological polar surface area (TPSA) is 25.8 Å². The summed E-state index contributed by atoms with van der Waals surface area (Å²) >= 11 is 3.51. The van der Waals surface area contributed by atoms with Gasteiger partial charge in [-0.2, -0.15) is 0 Å². The molecule has 0 saturated carbocycles. The predicted octanol–water partition coefficient (Wildman–Crippen LogP) is 4.86. The fraction of sp³-hybridized carbons (Fsp3) is 0.571. The Labute approximate surface area is 117 Å². The third-order valence-corrected chi connectivity index (χ3v) is 5.66. The lowest BCUT2D eigenvalue weighted by atomic mass is 9.96. The molecule has 0 atom stereocenters. The second-order valence-electron chi connectivity index (χ2n) is 6.56. The molecule has 98 valence electrons. The predicted molar refractivity (Wildman–Crippen MR) is 80.6 cm³/mol. The molecule has 0 N–H and O–H groups in total. The van der Waals surface area contributed by atoms with Crippen LogP contribution in [0, 0.1) is 0 Å². The highest BCUT2D eigenvalue weighted by Crippen LogP contribution is 2.37. The van der Waals surface area contributed by atoms with Gasteiger partial charge in [-0.1, -0.05) is 41.5 Å². The van der Waals surface area contributed by atoms with Crippen LogP contribution in [0.2, 0.25) is 0 Å². The largest absolute Gasteiger partial charge is 0.242 e. The molecule has 0 aliphatic rings. The van der Waals surface area contributed by atoms with Gasteiger partial charge in [0.25, 0.3) is 0 Å². The second-order valence-corrected chi connectivity index (χ2v) is 8.62. The molecule has 2 heterocycles. The Morgan fingerprint density at radius 1 is 0.722 bits per heavy atom. The van der Waals surface area contributed by atoms with Gasteiger partial charge in [0.15, 0.2) is 10.0 Å². The molecule has 2 rings (SSSR count). The molecular formula is C14H20N2S2. The fourth-order valence-corrected chi connectivity index (χ4v) is 3.42. The van der Waals surface area contributed by atoms with Crippen molar-refractivity contribution in [2.24, 2.45) is 0 Å². The molecule has 0 spiro atoms. The van der Waals surface area contributed by atoms with E-state index in [1.807, 2.05) is 12.4 Å². The molecule has 0 aliphatic heterocycles. The van der Waals surface area contributed by atoms with Crippen molar-refractivity contribution in [3.8, 4) is 10.0 Å². The Hall–Kier alpha value is -0.740. The molecule has 0 fully saturated rings. The van der Waals surface area contributed by atoms with Gasteiger partial charge in [-0.05, 0) is 10.8 Å². The molecule has 0 unspecified atom stereocenters. The van der Waals surface area contributed by atoms with Crippen LogP contribution >= 0.6 is 22.7 Å². The number of nitrogens with zero attached hydrogens (tertiary/aromatic N) is 2. The van der Waals surface area contributed by atoms with Crippen molar-refractivity contribution in [1.29, 1.82) is 0 Å². The summed E-state index contributed by atoms with van der Waals surface area (Å²) in [5.41, 5.74) is 0.333. The molecule has 18 heavy (non-hydrogen) atoms. The Balaban J connectivity index is 2.33. The summed E-state index contributed by atoms with van der Waals surface area (Å²) < 4.78 is 0. The highest BCUT2D eigenvalue weighted by atomic mass is 32.1. The third-order valence-electron chi connectivity index (χ3n) is 2.67. The summed E-state index contributed by atoms with van der Waals surface area (Å²) in [4.78, 5) is 11.6. The molecule has 0 saturated heterocycles. The number of hydrogen-bond donors (Lipinski definition) is 0. The maximum Gasteiger partial charge on any atom is 0.152 e. The molecule has 2 aromatic rings. The van der Waals surface area contributed by atoms with E-state index in [1.165, 1.54) is 9.75 Å². The van der Waals surface area contributed by atoms with E-state index in [1.54, 1.807) is 22.7 Å². The molecule has 0 amide bonds. The zero-order chi connectivity index (χ0) is 13.6. The maximum absolute atomic E-state index is 4.51. The molecule has 2 aromatic heterocycles. The van der Waals surface area contributed by atoms with Gasteiger partial charge < -0.3 is 0 Å². The molecule has 2 nitrogen and oxygen atoms in total. The number of rotatable bonds is 1. The number of thiazole rings is 2. The first-order valence-corrected chi connectivity index (χ1v) is 7.74. The fourth-order valence-electron chi connectivity index (χ4n) is 1.44. The summed E-state index contributed by atoms with van der Waals surface area (Å²) in [5, 5.41) is 2.08. The smallest absolute Gasteiger partial charge is 0.152 e. The van der Waals surface area contributed by atoms with Crippen molar-refractivity contribution in [3.05, 3.63) is 22.1 Å². The van der Waals surface area contributed by atoms with Gasteiger partial charge in [0.1, 0.15) is 0 Å². The van der Waals surface area contributed by atoms with E-state index in [2.05, 4.69) is 51.5 Å². The maximum atomic E-state index is 4.51. The Morgan fingerprint density at radius 2 is 1.06 bits per heavy atom. The minimum absolute atomic E-state index is 0.167. The first kappa shape index (κ1) is 13.7. The van der Waals surface area contributed by atoms with Crippen LogP contribution in [-0.2, 0) is 10.8 Å². The van der Waals surface area contributed by atoms with Crippen molar-refractivity contribution in [2.45, 2.75) is 52.4 Å². The minimum Gasteiger partial charge on any atom is -0.242 e. The monoisotopic (exact) mass is 280 g/mol. The van der Waals surface area contributed by atoms with E-state index in [0.717, 1.165) is 10.0 Å². The first-order chi connectivity index (χ1) is 8.18. The number of aromatic nitrogens is 2. The highest BCUT2D eigenvalue weighted by Gasteiger charge is 2.21. The lowest BCUT2D eigenvalue weighted by Crippen LogP contribution is -2.07.